The summed E-state index contributed by atoms with van der Waals surface area (Å²) in [5, 5.41) is 0. The Bertz CT molecular complexity index is 104. The van der Waals surface area contributed by atoms with Crippen molar-refractivity contribution in [1.82, 2.24) is 0 Å². The molecule has 0 aromatic carbocycles. The monoisotopic (exact) mass is 142 g/mol. The Morgan fingerprint density at radius 3 is 2.70 bits per heavy atom. The minimum atomic E-state index is -0.0788. The van der Waals surface area contributed by atoms with Crippen LogP contribution in [0.1, 0.15) is 19.8 Å². The fourth-order valence-corrected chi connectivity index (χ4v) is 0.627. The van der Waals surface area contributed by atoms with E-state index < -0.39 is 0 Å². The molecule has 58 valence electrons. The van der Waals surface area contributed by atoms with E-state index in [9.17, 15) is 0 Å². The van der Waals surface area contributed by atoms with E-state index in [1.54, 1.807) is 7.11 Å². The summed E-state index contributed by atoms with van der Waals surface area (Å²) in [5.74, 6) is 2.54. The van der Waals surface area contributed by atoms with Crippen LogP contribution in [0.2, 0.25) is 0 Å². The summed E-state index contributed by atoms with van der Waals surface area (Å²) in [6.45, 7) is 2.36. The van der Waals surface area contributed by atoms with Crippen LogP contribution in [0.25, 0.3) is 0 Å². The van der Waals surface area contributed by atoms with Gasteiger partial charge in [-0.2, -0.15) is 0 Å². The summed E-state index contributed by atoms with van der Waals surface area (Å²) in [5.41, 5.74) is 0. The largest absolute Gasteiger partial charge is 0.359 e. The molecule has 0 aliphatic carbocycles. The number of terminal acetylenes is 1. The van der Waals surface area contributed by atoms with E-state index in [0.29, 0.717) is 0 Å². The van der Waals surface area contributed by atoms with Crippen LogP contribution in [0.15, 0.2) is 0 Å². The molecular formula is C8H14O2. The molecular weight excluding hydrogens is 128 g/mol. The van der Waals surface area contributed by atoms with E-state index >= 15 is 0 Å². The normalized spacial score (nSPS) is 12.5. The maximum absolute atomic E-state index is 5.17. The average molecular weight is 142 g/mol. The van der Waals surface area contributed by atoms with Crippen molar-refractivity contribution in [3.63, 3.8) is 0 Å². The van der Waals surface area contributed by atoms with Gasteiger partial charge in [-0.1, -0.05) is 19.3 Å². The summed E-state index contributed by atoms with van der Waals surface area (Å²) in [4.78, 5) is 0. The number of ether oxygens (including phenoxy) is 2. The van der Waals surface area contributed by atoms with E-state index in [1.807, 2.05) is 0 Å². The van der Waals surface area contributed by atoms with Crippen molar-refractivity contribution in [3.8, 4) is 12.3 Å². The first kappa shape index (κ1) is 9.48. The molecule has 0 radical (unpaired) electrons. The van der Waals surface area contributed by atoms with Gasteiger partial charge in [0.15, 0.2) is 0 Å². The third-order valence-electron chi connectivity index (χ3n) is 1.12. The predicted molar refractivity (Wildman–Crippen MR) is 40.5 cm³/mol. The molecule has 0 fully saturated rings. The van der Waals surface area contributed by atoms with Crippen molar-refractivity contribution in [2.24, 2.45) is 0 Å². The number of hydrogen-bond acceptors (Lipinski definition) is 2. The van der Waals surface area contributed by atoms with Crippen molar-refractivity contribution in [2.75, 3.05) is 13.9 Å². The molecule has 0 heterocycles. The first-order valence-corrected chi connectivity index (χ1v) is 3.41. The number of hydrogen-bond donors (Lipinski definition) is 0. The molecule has 0 rings (SSSR count). The molecule has 0 aliphatic rings. The third-order valence-corrected chi connectivity index (χ3v) is 1.12. The van der Waals surface area contributed by atoms with Crippen molar-refractivity contribution < 1.29 is 9.47 Å². The molecule has 0 aliphatic heterocycles. The highest BCUT2D eigenvalue weighted by atomic mass is 16.7. The van der Waals surface area contributed by atoms with Gasteiger partial charge in [0.05, 0.1) is 0 Å². The second-order valence-corrected chi connectivity index (χ2v) is 2.02. The summed E-state index contributed by atoms with van der Waals surface area (Å²) < 4.78 is 9.83. The first-order valence-electron chi connectivity index (χ1n) is 3.41. The third kappa shape index (κ3) is 4.37. The minimum Gasteiger partial charge on any atom is -0.359 e. The Kier molecular flexibility index (Phi) is 6.25. The number of rotatable bonds is 5. The van der Waals surface area contributed by atoms with Gasteiger partial charge in [0.1, 0.15) is 12.9 Å². The summed E-state index contributed by atoms with van der Waals surface area (Å²) in [6.07, 6.45) is 7.03. The predicted octanol–water partition coefficient (Wildman–Crippen LogP) is 1.41. The lowest BCUT2D eigenvalue weighted by Crippen LogP contribution is -2.11. The van der Waals surface area contributed by atoms with E-state index in [2.05, 4.69) is 12.8 Å². The van der Waals surface area contributed by atoms with Gasteiger partial charge < -0.3 is 9.47 Å². The van der Waals surface area contributed by atoms with Gasteiger partial charge in [0.25, 0.3) is 0 Å². The van der Waals surface area contributed by atoms with Crippen LogP contribution in [0, 0.1) is 12.3 Å². The molecule has 0 bridgehead atoms. The molecule has 0 amide bonds. The van der Waals surface area contributed by atoms with Crippen LogP contribution in [-0.4, -0.2) is 20.0 Å². The molecule has 0 aromatic heterocycles. The van der Waals surface area contributed by atoms with Crippen molar-refractivity contribution in [3.05, 3.63) is 0 Å². The molecule has 2 heteroatoms. The smallest absolute Gasteiger partial charge is 0.148 e. The first-order chi connectivity index (χ1) is 4.85. The lowest BCUT2D eigenvalue weighted by molar-refractivity contribution is -0.0543. The highest BCUT2D eigenvalue weighted by molar-refractivity contribution is 4.93. The molecule has 0 spiro atoms. The van der Waals surface area contributed by atoms with Gasteiger partial charge in [-0.3, -0.25) is 0 Å². The van der Waals surface area contributed by atoms with Crippen molar-refractivity contribution in [2.45, 2.75) is 25.9 Å². The van der Waals surface area contributed by atoms with Gasteiger partial charge in [0, 0.05) is 7.11 Å². The van der Waals surface area contributed by atoms with Gasteiger partial charge in [-0.15, -0.1) is 6.42 Å². The Balaban J connectivity index is 3.33. The molecule has 0 aromatic rings. The Morgan fingerprint density at radius 1 is 1.60 bits per heavy atom. The maximum atomic E-state index is 5.17. The zero-order valence-corrected chi connectivity index (χ0v) is 6.59. The van der Waals surface area contributed by atoms with Crippen LogP contribution in [-0.2, 0) is 9.47 Å². The van der Waals surface area contributed by atoms with Crippen molar-refractivity contribution in [1.29, 1.82) is 0 Å². The second-order valence-electron chi connectivity index (χ2n) is 2.02. The highest BCUT2D eigenvalue weighted by Crippen LogP contribution is 1.99. The Morgan fingerprint density at radius 2 is 2.30 bits per heavy atom. The molecule has 1 atom stereocenters. The standard InChI is InChI=1S/C8H14O2/c1-4-6-8(5-2)10-7-9-3/h2,8H,4,6-7H2,1,3H3. The SMILES string of the molecule is C#CC(CCC)OCOC. The molecule has 2 nitrogen and oxygen atoms in total. The summed E-state index contributed by atoms with van der Waals surface area (Å²) in [6, 6.07) is 0. The number of methoxy groups -OCH3 is 1. The van der Waals surface area contributed by atoms with Crippen LogP contribution >= 0.6 is 0 Å². The summed E-state index contributed by atoms with van der Waals surface area (Å²) >= 11 is 0. The molecule has 10 heavy (non-hydrogen) atoms. The van der Waals surface area contributed by atoms with Crippen LogP contribution in [0.4, 0.5) is 0 Å². The topological polar surface area (TPSA) is 18.5 Å². The quantitative estimate of drug-likeness (QED) is 0.427. The highest BCUT2D eigenvalue weighted by Gasteiger charge is 2.01. The van der Waals surface area contributed by atoms with Gasteiger partial charge >= 0.3 is 0 Å². The zero-order valence-electron chi connectivity index (χ0n) is 6.59. The Hall–Kier alpha value is -0.520. The zero-order chi connectivity index (χ0) is 7.82. The maximum Gasteiger partial charge on any atom is 0.148 e. The van der Waals surface area contributed by atoms with Gasteiger partial charge in [-0.25, -0.2) is 0 Å². The van der Waals surface area contributed by atoms with E-state index in [-0.39, 0.29) is 12.9 Å². The second kappa shape index (κ2) is 6.60. The van der Waals surface area contributed by atoms with E-state index in [1.165, 1.54) is 0 Å². The summed E-state index contributed by atoms with van der Waals surface area (Å²) in [7, 11) is 1.58. The lowest BCUT2D eigenvalue weighted by atomic mass is 10.2. The van der Waals surface area contributed by atoms with Crippen LogP contribution in [0.3, 0.4) is 0 Å². The van der Waals surface area contributed by atoms with E-state index in [4.69, 9.17) is 15.9 Å². The molecule has 0 saturated carbocycles. The van der Waals surface area contributed by atoms with E-state index in [0.717, 1.165) is 12.8 Å². The van der Waals surface area contributed by atoms with Gasteiger partial charge in [-0.05, 0) is 6.42 Å². The minimum absolute atomic E-state index is 0.0788. The fraction of sp³-hybridized carbons (Fsp3) is 0.750. The average Bonchev–Trinajstić information content (AvgIpc) is 1.98. The molecule has 0 saturated heterocycles. The van der Waals surface area contributed by atoms with Gasteiger partial charge in [0.2, 0.25) is 0 Å². The van der Waals surface area contributed by atoms with Crippen molar-refractivity contribution >= 4 is 0 Å². The fourth-order valence-electron chi connectivity index (χ4n) is 0.627. The Labute approximate surface area is 62.5 Å². The lowest BCUT2D eigenvalue weighted by Gasteiger charge is -2.08. The van der Waals surface area contributed by atoms with Crippen LogP contribution < -0.4 is 0 Å². The molecule has 1 unspecified atom stereocenters. The van der Waals surface area contributed by atoms with Crippen LogP contribution in [0.5, 0.6) is 0 Å². The molecule has 0 N–H and O–H groups in total.